The number of carbonyl (C=O) groups excluding carboxylic acids is 2. The summed E-state index contributed by atoms with van der Waals surface area (Å²) < 4.78 is 5.38. The maximum absolute atomic E-state index is 13.1. The second-order valence-corrected chi connectivity index (χ2v) is 6.72. The molecule has 0 unspecified atom stereocenters. The first-order valence-corrected chi connectivity index (χ1v) is 9.60. The largest absolute Gasteiger partial charge is 0.465 e. The van der Waals surface area contributed by atoms with Gasteiger partial charge in [0.1, 0.15) is 5.76 Å². The first-order valence-electron chi connectivity index (χ1n) is 9.60. The van der Waals surface area contributed by atoms with Gasteiger partial charge in [-0.1, -0.05) is 49.4 Å². The zero-order valence-corrected chi connectivity index (χ0v) is 16.5. The summed E-state index contributed by atoms with van der Waals surface area (Å²) >= 11 is 0. The van der Waals surface area contributed by atoms with Crippen molar-refractivity contribution in [2.45, 2.75) is 26.3 Å². The maximum Gasteiger partial charge on any atom is 0.256 e. The molecule has 5 nitrogen and oxygen atoms in total. The summed E-state index contributed by atoms with van der Waals surface area (Å²) in [7, 11) is 0. The Morgan fingerprint density at radius 1 is 1.00 bits per heavy atom. The molecule has 2 amide bonds. The molecule has 1 aromatic heterocycles. The highest BCUT2D eigenvalue weighted by molar-refractivity contribution is 6.29. The smallest absolute Gasteiger partial charge is 0.256 e. The number of carbonyl (C=O) groups is 2. The fourth-order valence-corrected chi connectivity index (χ4v) is 2.80. The van der Waals surface area contributed by atoms with Crippen molar-refractivity contribution in [2.75, 3.05) is 5.32 Å². The van der Waals surface area contributed by atoms with E-state index in [4.69, 9.17) is 4.42 Å². The average molecular weight is 388 g/mol. The Labute approximate surface area is 170 Å². The quantitative estimate of drug-likeness (QED) is 0.560. The molecular weight excluding hydrogens is 364 g/mol. The van der Waals surface area contributed by atoms with E-state index in [0.29, 0.717) is 22.6 Å². The molecule has 0 radical (unpaired) electrons. The number of rotatable bonds is 7. The Morgan fingerprint density at radius 3 is 2.41 bits per heavy atom. The molecule has 29 heavy (non-hydrogen) atoms. The molecule has 2 aromatic carbocycles. The standard InChI is InChI=1S/C24H24N2O3/c1-3-17(2)25-23(27)20-13-7-8-14-22(20)26-24(28)21(16-19-12-9-15-29-19)18-10-5-4-6-11-18/h4-17H,3H2,1-2H3,(H,25,27)(H,26,28)/b21-16+/t17-/m1/s1. The molecule has 3 aromatic rings. The summed E-state index contributed by atoms with van der Waals surface area (Å²) in [6.07, 6.45) is 4.07. The molecule has 0 aliphatic heterocycles. The molecule has 0 aliphatic rings. The van der Waals surface area contributed by atoms with Gasteiger partial charge in [-0.05, 0) is 49.2 Å². The summed E-state index contributed by atoms with van der Waals surface area (Å²) in [4.78, 5) is 25.8. The zero-order chi connectivity index (χ0) is 20.6. The van der Waals surface area contributed by atoms with Crippen molar-refractivity contribution < 1.29 is 14.0 Å². The molecule has 1 heterocycles. The normalized spacial score (nSPS) is 12.3. The summed E-state index contributed by atoms with van der Waals surface area (Å²) in [6, 6.07) is 19.9. The van der Waals surface area contributed by atoms with Gasteiger partial charge in [0.2, 0.25) is 0 Å². The molecule has 3 rings (SSSR count). The number of benzene rings is 2. The number of anilines is 1. The maximum atomic E-state index is 13.1. The van der Waals surface area contributed by atoms with Crippen molar-refractivity contribution in [3.63, 3.8) is 0 Å². The molecule has 148 valence electrons. The van der Waals surface area contributed by atoms with E-state index in [1.807, 2.05) is 44.2 Å². The van der Waals surface area contributed by atoms with Crippen molar-refractivity contribution in [3.05, 3.63) is 89.9 Å². The predicted molar refractivity (Wildman–Crippen MR) is 115 cm³/mol. The van der Waals surface area contributed by atoms with Gasteiger partial charge < -0.3 is 15.1 Å². The third-order valence-electron chi connectivity index (χ3n) is 4.57. The number of hydrogen-bond acceptors (Lipinski definition) is 3. The molecule has 1 atom stereocenters. The number of furan rings is 1. The van der Waals surface area contributed by atoms with Gasteiger partial charge in [-0.3, -0.25) is 9.59 Å². The number of para-hydroxylation sites is 1. The highest BCUT2D eigenvalue weighted by Gasteiger charge is 2.18. The van der Waals surface area contributed by atoms with Crippen molar-refractivity contribution in [1.82, 2.24) is 5.32 Å². The van der Waals surface area contributed by atoms with Crippen LogP contribution in [0.1, 0.15) is 41.9 Å². The van der Waals surface area contributed by atoms with Gasteiger partial charge in [0.15, 0.2) is 0 Å². The van der Waals surface area contributed by atoms with Crippen LogP contribution in [-0.2, 0) is 4.79 Å². The van der Waals surface area contributed by atoms with Crippen molar-refractivity contribution in [2.24, 2.45) is 0 Å². The van der Waals surface area contributed by atoms with Crippen LogP contribution >= 0.6 is 0 Å². The summed E-state index contributed by atoms with van der Waals surface area (Å²) in [5.74, 6) is 0.0321. The third-order valence-corrected chi connectivity index (χ3v) is 4.57. The van der Waals surface area contributed by atoms with Crippen LogP contribution < -0.4 is 10.6 Å². The van der Waals surface area contributed by atoms with E-state index in [-0.39, 0.29) is 17.9 Å². The first-order chi connectivity index (χ1) is 14.1. The van der Waals surface area contributed by atoms with Gasteiger partial charge in [0.25, 0.3) is 11.8 Å². The highest BCUT2D eigenvalue weighted by Crippen LogP contribution is 2.23. The third kappa shape index (κ3) is 5.23. The van der Waals surface area contributed by atoms with E-state index in [1.165, 1.54) is 0 Å². The van der Waals surface area contributed by atoms with Gasteiger partial charge >= 0.3 is 0 Å². The van der Waals surface area contributed by atoms with Crippen LogP contribution in [0.4, 0.5) is 5.69 Å². The first kappa shape index (κ1) is 20.1. The van der Waals surface area contributed by atoms with Gasteiger partial charge in [0.05, 0.1) is 23.1 Å². The molecule has 0 saturated heterocycles. The minimum absolute atomic E-state index is 0.0463. The Hall–Kier alpha value is -3.60. The lowest BCUT2D eigenvalue weighted by Crippen LogP contribution is -2.32. The van der Waals surface area contributed by atoms with E-state index in [0.717, 1.165) is 12.0 Å². The van der Waals surface area contributed by atoms with Gasteiger partial charge in [-0.2, -0.15) is 0 Å². The van der Waals surface area contributed by atoms with E-state index >= 15 is 0 Å². The van der Waals surface area contributed by atoms with E-state index in [1.54, 1.807) is 48.7 Å². The fourth-order valence-electron chi connectivity index (χ4n) is 2.80. The molecular formula is C24H24N2O3. The summed E-state index contributed by atoms with van der Waals surface area (Å²) in [5.41, 5.74) is 2.08. The average Bonchev–Trinajstić information content (AvgIpc) is 3.26. The molecule has 2 N–H and O–H groups in total. The Kier molecular flexibility index (Phi) is 6.63. The number of nitrogens with one attached hydrogen (secondary N) is 2. The molecule has 5 heteroatoms. The minimum atomic E-state index is -0.323. The van der Waals surface area contributed by atoms with Gasteiger partial charge in [-0.15, -0.1) is 0 Å². The van der Waals surface area contributed by atoms with E-state index in [2.05, 4.69) is 10.6 Å². The molecule has 0 fully saturated rings. The van der Waals surface area contributed by atoms with E-state index in [9.17, 15) is 9.59 Å². The fraction of sp³-hybridized carbons (Fsp3) is 0.167. The van der Waals surface area contributed by atoms with Crippen LogP contribution in [0.5, 0.6) is 0 Å². The lowest BCUT2D eigenvalue weighted by molar-refractivity contribution is -0.111. The van der Waals surface area contributed by atoms with Crippen LogP contribution in [0, 0.1) is 0 Å². The van der Waals surface area contributed by atoms with Crippen LogP contribution in [0.25, 0.3) is 11.6 Å². The summed E-state index contributed by atoms with van der Waals surface area (Å²) in [5, 5.41) is 5.82. The predicted octanol–water partition coefficient (Wildman–Crippen LogP) is 4.99. The van der Waals surface area contributed by atoms with Crippen LogP contribution in [0.2, 0.25) is 0 Å². The van der Waals surface area contributed by atoms with Crippen molar-refractivity contribution >= 4 is 29.2 Å². The van der Waals surface area contributed by atoms with Crippen molar-refractivity contribution in [3.8, 4) is 0 Å². The second-order valence-electron chi connectivity index (χ2n) is 6.72. The van der Waals surface area contributed by atoms with E-state index < -0.39 is 0 Å². The highest BCUT2D eigenvalue weighted by atomic mass is 16.3. The minimum Gasteiger partial charge on any atom is -0.465 e. The topological polar surface area (TPSA) is 71.3 Å². The molecule has 0 aliphatic carbocycles. The lowest BCUT2D eigenvalue weighted by atomic mass is 10.0. The van der Waals surface area contributed by atoms with Gasteiger partial charge in [0, 0.05) is 6.04 Å². The van der Waals surface area contributed by atoms with Crippen LogP contribution in [0.3, 0.4) is 0 Å². The summed E-state index contributed by atoms with van der Waals surface area (Å²) in [6.45, 7) is 3.95. The SMILES string of the molecule is CC[C@@H](C)NC(=O)c1ccccc1NC(=O)/C(=C/c1ccco1)c1ccccc1. The Balaban J connectivity index is 1.90. The van der Waals surface area contributed by atoms with Gasteiger partial charge in [-0.25, -0.2) is 0 Å². The molecule has 0 saturated carbocycles. The molecule has 0 bridgehead atoms. The van der Waals surface area contributed by atoms with Crippen LogP contribution in [-0.4, -0.2) is 17.9 Å². The zero-order valence-electron chi connectivity index (χ0n) is 16.5. The lowest BCUT2D eigenvalue weighted by Gasteiger charge is -2.15. The Morgan fingerprint density at radius 2 is 1.72 bits per heavy atom. The van der Waals surface area contributed by atoms with Crippen molar-refractivity contribution in [1.29, 1.82) is 0 Å². The van der Waals surface area contributed by atoms with Crippen LogP contribution in [0.15, 0.2) is 77.4 Å². The Bertz CT molecular complexity index is 992. The monoisotopic (exact) mass is 388 g/mol. The number of amides is 2. The number of hydrogen-bond donors (Lipinski definition) is 2. The second kappa shape index (κ2) is 9.55. The molecule has 0 spiro atoms.